The Bertz CT molecular complexity index is 1110. The van der Waals surface area contributed by atoms with Gasteiger partial charge < -0.3 is 25.4 Å². The number of esters is 1. The number of aliphatic hydroxyl groups is 2. The summed E-state index contributed by atoms with van der Waals surface area (Å²) in [6, 6.07) is 14.1. The molecule has 10 nitrogen and oxygen atoms in total. The fourth-order valence-electron chi connectivity index (χ4n) is 3.54. The Morgan fingerprint density at radius 2 is 2.07 bits per heavy atom. The maximum atomic E-state index is 12.1. The van der Waals surface area contributed by atoms with Gasteiger partial charge in [0.1, 0.15) is 42.8 Å². The number of nitrogen functional groups attached to an aromatic ring is 1. The molecule has 1 aliphatic heterocycles. The molecule has 4 atom stereocenters. The minimum atomic E-state index is -1.93. The first-order valence-electron chi connectivity index (χ1n) is 9.19. The second-order valence-corrected chi connectivity index (χ2v) is 6.95. The molecule has 1 saturated heterocycles. The highest BCUT2D eigenvalue weighted by Gasteiger charge is 2.57. The molecule has 3 aromatic rings. The van der Waals surface area contributed by atoms with Crippen molar-refractivity contribution in [1.82, 2.24) is 14.6 Å². The summed E-state index contributed by atoms with van der Waals surface area (Å²) in [5, 5.41) is 35.0. The van der Waals surface area contributed by atoms with E-state index in [0.717, 1.165) is 5.56 Å². The van der Waals surface area contributed by atoms with Crippen molar-refractivity contribution in [1.29, 1.82) is 5.26 Å². The Labute approximate surface area is 171 Å². The van der Waals surface area contributed by atoms with Crippen molar-refractivity contribution in [3.8, 4) is 6.07 Å². The van der Waals surface area contributed by atoms with E-state index in [1.54, 1.807) is 18.2 Å². The van der Waals surface area contributed by atoms with E-state index in [0.29, 0.717) is 5.52 Å². The van der Waals surface area contributed by atoms with Crippen LogP contribution in [0, 0.1) is 11.3 Å². The van der Waals surface area contributed by atoms with E-state index < -0.39 is 29.9 Å². The fraction of sp³-hybridized carbons (Fsp3) is 0.300. The first-order chi connectivity index (χ1) is 14.5. The minimum Gasteiger partial charge on any atom is -0.463 e. The van der Waals surface area contributed by atoms with Crippen LogP contribution in [0.1, 0.15) is 11.3 Å². The van der Waals surface area contributed by atoms with Gasteiger partial charge in [0.25, 0.3) is 0 Å². The number of aliphatic hydroxyl groups excluding tert-OH is 2. The van der Waals surface area contributed by atoms with Crippen molar-refractivity contribution in [3.63, 3.8) is 0 Å². The zero-order valence-electron chi connectivity index (χ0n) is 15.8. The maximum absolute atomic E-state index is 12.1. The van der Waals surface area contributed by atoms with Crippen LogP contribution in [0.15, 0.2) is 48.8 Å². The molecular formula is C20H19N5O5. The van der Waals surface area contributed by atoms with Gasteiger partial charge in [-0.15, -0.1) is 0 Å². The van der Waals surface area contributed by atoms with Crippen molar-refractivity contribution < 1.29 is 24.5 Å². The predicted molar refractivity (Wildman–Crippen MR) is 103 cm³/mol. The molecule has 10 heteroatoms. The van der Waals surface area contributed by atoms with E-state index in [4.69, 9.17) is 15.2 Å². The number of benzene rings is 1. The average molecular weight is 409 g/mol. The van der Waals surface area contributed by atoms with Gasteiger partial charge in [0.15, 0.2) is 5.82 Å². The van der Waals surface area contributed by atoms with Crippen LogP contribution in [0.2, 0.25) is 0 Å². The zero-order chi connectivity index (χ0) is 21.3. The normalized spacial score (nSPS) is 25.8. The van der Waals surface area contributed by atoms with Crippen molar-refractivity contribution in [3.05, 3.63) is 60.0 Å². The predicted octanol–water partition coefficient (Wildman–Crippen LogP) is -0.0631. The third kappa shape index (κ3) is 3.25. The fourth-order valence-corrected chi connectivity index (χ4v) is 3.54. The molecule has 1 fully saturated rings. The van der Waals surface area contributed by atoms with E-state index in [9.17, 15) is 20.3 Å². The molecule has 0 aliphatic carbocycles. The van der Waals surface area contributed by atoms with Gasteiger partial charge in [-0.3, -0.25) is 4.79 Å². The molecule has 0 amide bonds. The quantitative estimate of drug-likeness (QED) is 0.491. The van der Waals surface area contributed by atoms with Crippen LogP contribution in [-0.4, -0.2) is 55.7 Å². The first-order valence-corrected chi connectivity index (χ1v) is 9.19. The Hall–Kier alpha value is -3.52. The standard InChI is InChI=1S/C20H19N5O5/c21-10-20(15-7-6-13-19(22)23-11-24-25(13)15)18(28)17(27)14(30-20)9-29-16(26)8-12-4-2-1-3-5-12/h1-7,11,14,17-18,27-28H,8-9H2,(H2,22,23,24)/t14-,17-,18-,20+/m1/s1. The number of nitriles is 1. The largest absolute Gasteiger partial charge is 0.463 e. The van der Waals surface area contributed by atoms with Crippen molar-refractivity contribution in [2.75, 3.05) is 12.3 Å². The summed E-state index contributed by atoms with van der Waals surface area (Å²) in [7, 11) is 0. The van der Waals surface area contributed by atoms with Crippen LogP contribution in [0.4, 0.5) is 5.82 Å². The monoisotopic (exact) mass is 409 g/mol. The highest BCUT2D eigenvalue weighted by atomic mass is 16.6. The van der Waals surface area contributed by atoms with Crippen LogP contribution in [0.3, 0.4) is 0 Å². The lowest BCUT2D eigenvalue weighted by atomic mass is 9.92. The number of anilines is 1. The van der Waals surface area contributed by atoms with Gasteiger partial charge in [-0.1, -0.05) is 30.3 Å². The number of nitrogens with two attached hydrogens (primary N) is 1. The minimum absolute atomic E-state index is 0.0507. The number of carbonyl (C=O) groups excluding carboxylic acids is 1. The van der Waals surface area contributed by atoms with E-state index in [1.165, 1.54) is 16.9 Å². The SMILES string of the molecule is N#C[C@@]1(c2ccc3c(N)ncnn23)O[C@H](COC(=O)Cc2ccccc2)[C@@H](O)[C@H]1O. The van der Waals surface area contributed by atoms with Crippen LogP contribution in [0.25, 0.3) is 5.52 Å². The lowest BCUT2D eigenvalue weighted by Gasteiger charge is -2.24. The van der Waals surface area contributed by atoms with E-state index in [-0.39, 0.29) is 24.5 Å². The van der Waals surface area contributed by atoms with Gasteiger partial charge >= 0.3 is 5.97 Å². The maximum Gasteiger partial charge on any atom is 0.310 e. The molecule has 4 N–H and O–H groups in total. The smallest absolute Gasteiger partial charge is 0.310 e. The molecule has 0 radical (unpaired) electrons. The summed E-state index contributed by atoms with van der Waals surface area (Å²) < 4.78 is 12.3. The molecule has 0 spiro atoms. The number of rotatable bonds is 5. The van der Waals surface area contributed by atoms with Crippen molar-refractivity contribution >= 4 is 17.3 Å². The molecule has 0 unspecified atom stereocenters. The number of hydrogen-bond acceptors (Lipinski definition) is 9. The van der Waals surface area contributed by atoms with Gasteiger partial charge in [0, 0.05) is 0 Å². The van der Waals surface area contributed by atoms with E-state index in [2.05, 4.69) is 10.1 Å². The van der Waals surface area contributed by atoms with Crippen LogP contribution in [0.5, 0.6) is 0 Å². The van der Waals surface area contributed by atoms with Gasteiger partial charge in [-0.2, -0.15) is 10.4 Å². The van der Waals surface area contributed by atoms with Gasteiger partial charge in [-0.25, -0.2) is 9.50 Å². The summed E-state index contributed by atoms with van der Waals surface area (Å²) in [4.78, 5) is 16.0. The molecule has 0 saturated carbocycles. The molecule has 1 aromatic carbocycles. The molecule has 2 aromatic heterocycles. The van der Waals surface area contributed by atoms with Crippen molar-refractivity contribution in [2.24, 2.45) is 0 Å². The third-order valence-electron chi connectivity index (χ3n) is 5.09. The molecular weight excluding hydrogens is 390 g/mol. The van der Waals surface area contributed by atoms with E-state index >= 15 is 0 Å². The molecule has 0 bridgehead atoms. The van der Waals surface area contributed by atoms with Crippen molar-refractivity contribution in [2.45, 2.75) is 30.3 Å². The topological polar surface area (TPSA) is 156 Å². The highest BCUT2D eigenvalue weighted by molar-refractivity contribution is 5.72. The summed E-state index contributed by atoms with van der Waals surface area (Å²) in [5.41, 5.74) is 5.27. The summed E-state index contributed by atoms with van der Waals surface area (Å²) in [6.07, 6.45) is -2.91. The summed E-state index contributed by atoms with van der Waals surface area (Å²) in [5.74, 6) is -0.335. The Morgan fingerprint density at radius 3 is 2.80 bits per heavy atom. The number of aromatic nitrogens is 3. The lowest BCUT2D eigenvalue weighted by molar-refractivity contribution is -0.149. The Morgan fingerprint density at radius 1 is 1.30 bits per heavy atom. The molecule has 3 heterocycles. The molecule has 154 valence electrons. The second-order valence-electron chi connectivity index (χ2n) is 6.95. The molecule has 30 heavy (non-hydrogen) atoms. The highest BCUT2D eigenvalue weighted by Crippen LogP contribution is 2.40. The number of carbonyl (C=O) groups is 1. The van der Waals surface area contributed by atoms with Gasteiger partial charge in [0.2, 0.25) is 5.60 Å². The Balaban J connectivity index is 1.53. The van der Waals surface area contributed by atoms with Crippen LogP contribution >= 0.6 is 0 Å². The van der Waals surface area contributed by atoms with E-state index in [1.807, 2.05) is 24.3 Å². The zero-order valence-corrected chi connectivity index (χ0v) is 15.8. The molecule has 4 rings (SSSR count). The number of hydrogen-bond donors (Lipinski definition) is 3. The number of fused-ring (bicyclic) bond motifs is 1. The van der Waals surface area contributed by atoms with Gasteiger partial charge in [0.05, 0.1) is 12.1 Å². The number of ether oxygens (including phenoxy) is 2. The summed E-state index contributed by atoms with van der Waals surface area (Å²) >= 11 is 0. The third-order valence-corrected chi connectivity index (χ3v) is 5.09. The van der Waals surface area contributed by atoms with Gasteiger partial charge in [-0.05, 0) is 17.7 Å². The van der Waals surface area contributed by atoms with Crippen LogP contribution < -0.4 is 5.73 Å². The number of nitrogens with zero attached hydrogens (tertiary/aromatic N) is 4. The lowest BCUT2D eigenvalue weighted by Crippen LogP contribution is -2.41. The average Bonchev–Trinajstić information content (AvgIpc) is 3.29. The Kier molecular flexibility index (Phi) is 5.09. The second kappa shape index (κ2) is 7.72. The van der Waals surface area contributed by atoms with Crippen LogP contribution in [-0.2, 0) is 26.3 Å². The summed E-state index contributed by atoms with van der Waals surface area (Å²) in [6.45, 7) is -0.326. The molecule has 1 aliphatic rings. The first kappa shape index (κ1) is 19.8.